The number of nitrogens with zero attached hydrogens (tertiary/aromatic N) is 1. The SMILES string of the molecule is C[C]1Cc2ccccc2N1Cc1ccc(C)cc1. The van der Waals surface area contributed by atoms with Gasteiger partial charge in [-0.15, -0.1) is 0 Å². The van der Waals surface area contributed by atoms with Crippen LogP contribution in [0.3, 0.4) is 0 Å². The molecule has 0 bridgehead atoms. The number of rotatable bonds is 2. The highest BCUT2D eigenvalue weighted by Crippen LogP contribution is 2.36. The number of anilines is 1. The predicted octanol–water partition coefficient (Wildman–Crippen LogP) is 4.11. The van der Waals surface area contributed by atoms with Crippen molar-refractivity contribution in [1.82, 2.24) is 0 Å². The largest absolute Gasteiger partial charge is 0.359 e. The molecule has 18 heavy (non-hydrogen) atoms. The molecule has 0 saturated carbocycles. The van der Waals surface area contributed by atoms with Crippen LogP contribution in [0.15, 0.2) is 48.5 Å². The summed E-state index contributed by atoms with van der Waals surface area (Å²) in [5.74, 6) is 0. The fourth-order valence-electron chi connectivity index (χ4n) is 2.60. The molecule has 91 valence electrons. The Bertz CT molecular complexity index is 542. The van der Waals surface area contributed by atoms with Crippen molar-refractivity contribution in [3.05, 3.63) is 71.3 Å². The molecule has 2 aromatic carbocycles. The summed E-state index contributed by atoms with van der Waals surface area (Å²) in [6.07, 6.45) is 1.09. The van der Waals surface area contributed by atoms with Gasteiger partial charge in [0.2, 0.25) is 0 Å². The quantitative estimate of drug-likeness (QED) is 0.758. The van der Waals surface area contributed by atoms with Crippen LogP contribution in [0.2, 0.25) is 0 Å². The minimum Gasteiger partial charge on any atom is -0.359 e. The van der Waals surface area contributed by atoms with Gasteiger partial charge in [0.15, 0.2) is 0 Å². The van der Waals surface area contributed by atoms with Gasteiger partial charge in [-0.05, 0) is 37.5 Å². The summed E-state index contributed by atoms with van der Waals surface area (Å²) in [4.78, 5) is 2.43. The maximum absolute atomic E-state index is 2.43. The van der Waals surface area contributed by atoms with Crippen molar-refractivity contribution < 1.29 is 0 Å². The summed E-state index contributed by atoms with van der Waals surface area (Å²) in [5, 5.41) is 0. The number of benzene rings is 2. The van der Waals surface area contributed by atoms with Crippen molar-refractivity contribution in [2.75, 3.05) is 4.90 Å². The number of aryl methyl sites for hydroxylation is 1. The summed E-state index contributed by atoms with van der Waals surface area (Å²) in [5.41, 5.74) is 5.51. The maximum atomic E-state index is 2.43. The topological polar surface area (TPSA) is 3.24 Å². The molecular formula is C17H18N. The lowest BCUT2D eigenvalue weighted by Crippen LogP contribution is -2.22. The molecule has 0 unspecified atom stereocenters. The Morgan fingerprint density at radius 3 is 2.44 bits per heavy atom. The van der Waals surface area contributed by atoms with Crippen LogP contribution in [0.1, 0.15) is 23.6 Å². The molecule has 1 heterocycles. The van der Waals surface area contributed by atoms with Crippen molar-refractivity contribution in [3.63, 3.8) is 0 Å². The van der Waals surface area contributed by atoms with Crippen LogP contribution in [0.4, 0.5) is 5.69 Å². The van der Waals surface area contributed by atoms with Crippen LogP contribution in [-0.2, 0) is 13.0 Å². The molecule has 0 N–H and O–H groups in total. The van der Waals surface area contributed by atoms with E-state index in [1.54, 1.807) is 0 Å². The molecule has 0 fully saturated rings. The Morgan fingerprint density at radius 1 is 0.944 bits per heavy atom. The molecule has 1 aliphatic heterocycles. The lowest BCUT2D eigenvalue weighted by molar-refractivity contribution is 0.812. The van der Waals surface area contributed by atoms with Crippen molar-refractivity contribution in [2.24, 2.45) is 0 Å². The summed E-state index contributed by atoms with van der Waals surface area (Å²) in [6.45, 7) is 5.34. The van der Waals surface area contributed by atoms with Crippen LogP contribution in [0.25, 0.3) is 0 Å². The van der Waals surface area contributed by atoms with E-state index in [9.17, 15) is 0 Å². The van der Waals surface area contributed by atoms with Gasteiger partial charge < -0.3 is 4.90 Å². The van der Waals surface area contributed by atoms with Crippen LogP contribution in [0, 0.1) is 13.0 Å². The second kappa shape index (κ2) is 4.49. The van der Waals surface area contributed by atoms with Crippen LogP contribution in [-0.4, -0.2) is 0 Å². The summed E-state index contributed by atoms with van der Waals surface area (Å²) >= 11 is 0. The molecule has 1 heteroatoms. The monoisotopic (exact) mass is 236 g/mol. The van der Waals surface area contributed by atoms with E-state index in [-0.39, 0.29) is 0 Å². The van der Waals surface area contributed by atoms with Crippen LogP contribution < -0.4 is 4.90 Å². The fourth-order valence-corrected chi connectivity index (χ4v) is 2.60. The first-order chi connectivity index (χ1) is 8.74. The van der Waals surface area contributed by atoms with Gasteiger partial charge in [-0.2, -0.15) is 0 Å². The Morgan fingerprint density at radius 2 is 1.67 bits per heavy atom. The van der Waals surface area contributed by atoms with E-state index in [0.717, 1.165) is 13.0 Å². The van der Waals surface area contributed by atoms with Crippen molar-refractivity contribution >= 4 is 5.69 Å². The molecule has 0 aromatic heterocycles. The zero-order valence-corrected chi connectivity index (χ0v) is 11.0. The number of fused-ring (bicyclic) bond motifs is 1. The third-order valence-corrected chi connectivity index (χ3v) is 3.65. The first-order valence-electron chi connectivity index (χ1n) is 6.47. The highest BCUT2D eigenvalue weighted by Gasteiger charge is 2.25. The molecule has 2 aromatic rings. The second-order valence-electron chi connectivity index (χ2n) is 5.11. The van der Waals surface area contributed by atoms with E-state index in [2.05, 4.69) is 67.3 Å². The summed E-state index contributed by atoms with van der Waals surface area (Å²) in [6, 6.07) is 19.0. The minimum atomic E-state index is 0.975. The normalized spacial score (nSPS) is 14.9. The summed E-state index contributed by atoms with van der Waals surface area (Å²) in [7, 11) is 0. The van der Waals surface area contributed by atoms with Gasteiger partial charge in [-0.1, -0.05) is 48.0 Å². The third-order valence-electron chi connectivity index (χ3n) is 3.65. The zero-order valence-electron chi connectivity index (χ0n) is 11.0. The molecule has 0 spiro atoms. The van der Waals surface area contributed by atoms with E-state index in [4.69, 9.17) is 0 Å². The van der Waals surface area contributed by atoms with Crippen LogP contribution >= 0.6 is 0 Å². The highest BCUT2D eigenvalue weighted by molar-refractivity contribution is 5.62. The van der Waals surface area contributed by atoms with E-state index >= 15 is 0 Å². The van der Waals surface area contributed by atoms with Crippen LogP contribution in [0.5, 0.6) is 0 Å². The molecule has 1 nitrogen and oxygen atoms in total. The Hall–Kier alpha value is -1.76. The van der Waals surface area contributed by atoms with E-state index in [1.165, 1.54) is 28.4 Å². The Balaban J connectivity index is 1.87. The zero-order chi connectivity index (χ0) is 12.5. The first-order valence-corrected chi connectivity index (χ1v) is 6.47. The van der Waals surface area contributed by atoms with Gasteiger partial charge in [0.05, 0.1) is 6.04 Å². The second-order valence-corrected chi connectivity index (χ2v) is 5.11. The average molecular weight is 236 g/mol. The molecule has 0 atom stereocenters. The molecule has 3 rings (SSSR count). The molecule has 0 amide bonds. The third kappa shape index (κ3) is 2.01. The number of hydrogen-bond donors (Lipinski definition) is 0. The van der Waals surface area contributed by atoms with Gasteiger partial charge in [0, 0.05) is 12.2 Å². The van der Waals surface area contributed by atoms with Gasteiger partial charge in [-0.25, -0.2) is 0 Å². The van der Waals surface area contributed by atoms with E-state index in [0.29, 0.717) is 0 Å². The Kier molecular flexibility index (Phi) is 2.83. The summed E-state index contributed by atoms with van der Waals surface area (Å²) < 4.78 is 0. The fraction of sp³-hybridized carbons (Fsp3) is 0.235. The number of hydrogen-bond acceptors (Lipinski definition) is 1. The molecule has 0 aliphatic carbocycles. The number of para-hydroxylation sites is 1. The van der Waals surface area contributed by atoms with E-state index < -0.39 is 0 Å². The van der Waals surface area contributed by atoms with Crippen molar-refractivity contribution in [1.29, 1.82) is 0 Å². The van der Waals surface area contributed by atoms with Gasteiger partial charge in [0.25, 0.3) is 0 Å². The molecule has 0 saturated heterocycles. The molecular weight excluding hydrogens is 218 g/mol. The van der Waals surface area contributed by atoms with Crippen molar-refractivity contribution in [3.8, 4) is 0 Å². The van der Waals surface area contributed by atoms with Crippen molar-refractivity contribution in [2.45, 2.75) is 26.8 Å². The lowest BCUT2D eigenvalue weighted by atomic mass is 10.1. The minimum absolute atomic E-state index is 0.975. The first kappa shape index (κ1) is 11.3. The highest BCUT2D eigenvalue weighted by atomic mass is 15.2. The predicted molar refractivity (Wildman–Crippen MR) is 76.4 cm³/mol. The smallest absolute Gasteiger partial charge is 0.0650 e. The van der Waals surface area contributed by atoms with Gasteiger partial charge in [-0.3, -0.25) is 0 Å². The van der Waals surface area contributed by atoms with E-state index in [1.807, 2.05) is 0 Å². The average Bonchev–Trinajstić information content (AvgIpc) is 2.69. The van der Waals surface area contributed by atoms with Gasteiger partial charge >= 0.3 is 0 Å². The molecule has 1 radical (unpaired) electrons. The van der Waals surface area contributed by atoms with Gasteiger partial charge in [0.1, 0.15) is 0 Å². The Labute approximate surface area is 109 Å². The lowest BCUT2D eigenvalue weighted by Gasteiger charge is -2.24. The maximum Gasteiger partial charge on any atom is 0.0650 e. The molecule has 1 aliphatic rings. The standard InChI is InChI=1S/C17H18N/c1-13-7-9-15(10-8-13)12-18-14(2)11-16-5-3-4-6-17(16)18/h3-10H,11-12H2,1-2H3.